The SMILES string of the molecule is Cc1cc(C)n(CC(=O)NNC(=O)COc2ccc3c(c2)CCC3)n1. The van der Waals surface area contributed by atoms with Crippen molar-refractivity contribution in [2.24, 2.45) is 0 Å². The smallest absolute Gasteiger partial charge is 0.276 e. The fourth-order valence-corrected chi connectivity index (χ4v) is 2.97. The van der Waals surface area contributed by atoms with E-state index in [0.717, 1.165) is 24.2 Å². The normalized spacial score (nSPS) is 12.6. The van der Waals surface area contributed by atoms with E-state index in [4.69, 9.17) is 4.74 Å². The van der Waals surface area contributed by atoms with E-state index in [0.29, 0.717) is 5.75 Å². The Morgan fingerprint density at radius 2 is 1.88 bits per heavy atom. The number of carbonyl (C=O) groups is 2. The molecule has 1 heterocycles. The number of nitrogens with one attached hydrogen (secondary N) is 2. The highest BCUT2D eigenvalue weighted by Gasteiger charge is 2.12. The number of hydrogen-bond acceptors (Lipinski definition) is 4. The van der Waals surface area contributed by atoms with Crippen molar-refractivity contribution in [1.82, 2.24) is 20.6 Å². The summed E-state index contributed by atoms with van der Waals surface area (Å²) < 4.78 is 7.07. The molecule has 0 radical (unpaired) electrons. The molecule has 0 saturated heterocycles. The number of amides is 2. The summed E-state index contributed by atoms with van der Waals surface area (Å²) in [6.45, 7) is 3.63. The number of aryl methyl sites for hydroxylation is 4. The Bertz CT molecular complexity index is 798. The number of carbonyl (C=O) groups excluding carboxylic acids is 2. The van der Waals surface area contributed by atoms with E-state index in [1.807, 2.05) is 38.1 Å². The third-order valence-electron chi connectivity index (χ3n) is 4.18. The second-order valence-electron chi connectivity index (χ2n) is 6.25. The average molecular weight is 342 g/mol. The molecule has 0 atom stereocenters. The van der Waals surface area contributed by atoms with Gasteiger partial charge in [0.25, 0.3) is 11.8 Å². The summed E-state index contributed by atoms with van der Waals surface area (Å²) in [6, 6.07) is 7.79. The third-order valence-corrected chi connectivity index (χ3v) is 4.18. The number of rotatable bonds is 5. The predicted molar refractivity (Wildman–Crippen MR) is 91.9 cm³/mol. The quantitative estimate of drug-likeness (QED) is 0.800. The van der Waals surface area contributed by atoms with E-state index >= 15 is 0 Å². The minimum Gasteiger partial charge on any atom is -0.484 e. The zero-order valence-corrected chi connectivity index (χ0v) is 14.5. The van der Waals surface area contributed by atoms with Gasteiger partial charge in [0.05, 0.1) is 5.69 Å². The van der Waals surface area contributed by atoms with Gasteiger partial charge in [-0.05, 0) is 62.4 Å². The summed E-state index contributed by atoms with van der Waals surface area (Å²) in [7, 11) is 0. The number of hydrogen-bond donors (Lipinski definition) is 2. The lowest BCUT2D eigenvalue weighted by Crippen LogP contribution is -2.45. The van der Waals surface area contributed by atoms with Crippen LogP contribution in [0.2, 0.25) is 0 Å². The Kier molecular flexibility index (Phi) is 5.02. The monoisotopic (exact) mass is 342 g/mol. The van der Waals surface area contributed by atoms with Crippen LogP contribution in [-0.2, 0) is 29.0 Å². The molecule has 132 valence electrons. The zero-order valence-electron chi connectivity index (χ0n) is 14.5. The molecule has 0 aliphatic heterocycles. The topological polar surface area (TPSA) is 85.2 Å². The molecule has 2 N–H and O–H groups in total. The van der Waals surface area contributed by atoms with Crippen molar-refractivity contribution >= 4 is 11.8 Å². The van der Waals surface area contributed by atoms with Crippen molar-refractivity contribution in [2.45, 2.75) is 39.7 Å². The third kappa shape index (κ3) is 4.37. The van der Waals surface area contributed by atoms with Crippen LogP contribution in [0.25, 0.3) is 0 Å². The first kappa shape index (κ1) is 17.0. The Morgan fingerprint density at radius 3 is 2.64 bits per heavy atom. The molecule has 0 unspecified atom stereocenters. The highest BCUT2D eigenvalue weighted by Crippen LogP contribution is 2.25. The van der Waals surface area contributed by atoms with Crippen LogP contribution in [0.15, 0.2) is 24.3 Å². The minimum absolute atomic E-state index is 0.0473. The van der Waals surface area contributed by atoms with Crippen LogP contribution in [0.3, 0.4) is 0 Å². The molecular formula is C18H22N4O3. The lowest BCUT2D eigenvalue weighted by Gasteiger charge is -2.10. The van der Waals surface area contributed by atoms with Gasteiger partial charge in [-0.1, -0.05) is 6.07 Å². The molecule has 2 aromatic rings. The van der Waals surface area contributed by atoms with Crippen LogP contribution in [0.1, 0.15) is 28.9 Å². The van der Waals surface area contributed by atoms with Gasteiger partial charge in [-0.2, -0.15) is 5.10 Å². The van der Waals surface area contributed by atoms with E-state index in [-0.39, 0.29) is 19.1 Å². The van der Waals surface area contributed by atoms with Crippen LogP contribution in [0, 0.1) is 13.8 Å². The molecule has 1 aliphatic carbocycles. The van der Waals surface area contributed by atoms with Crippen molar-refractivity contribution in [3.63, 3.8) is 0 Å². The van der Waals surface area contributed by atoms with Crippen molar-refractivity contribution in [2.75, 3.05) is 6.61 Å². The fourth-order valence-electron chi connectivity index (χ4n) is 2.97. The number of aromatic nitrogens is 2. The summed E-state index contributed by atoms with van der Waals surface area (Å²) in [4.78, 5) is 23.7. The first-order chi connectivity index (χ1) is 12.0. The lowest BCUT2D eigenvalue weighted by atomic mass is 10.1. The van der Waals surface area contributed by atoms with Gasteiger partial charge < -0.3 is 4.74 Å². The molecule has 7 nitrogen and oxygen atoms in total. The van der Waals surface area contributed by atoms with Crippen LogP contribution >= 0.6 is 0 Å². The van der Waals surface area contributed by atoms with Crippen molar-refractivity contribution in [1.29, 1.82) is 0 Å². The van der Waals surface area contributed by atoms with Crippen molar-refractivity contribution in [3.8, 4) is 5.75 Å². The van der Waals surface area contributed by atoms with Gasteiger partial charge in [-0.3, -0.25) is 25.1 Å². The van der Waals surface area contributed by atoms with Gasteiger partial charge in [0.2, 0.25) is 0 Å². The molecule has 2 amide bonds. The second kappa shape index (κ2) is 7.38. The Balaban J connectivity index is 1.42. The van der Waals surface area contributed by atoms with Crippen LogP contribution < -0.4 is 15.6 Å². The molecule has 0 spiro atoms. The molecule has 25 heavy (non-hydrogen) atoms. The second-order valence-corrected chi connectivity index (χ2v) is 6.25. The van der Waals surface area contributed by atoms with E-state index in [1.165, 1.54) is 17.5 Å². The lowest BCUT2D eigenvalue weighted by molar-refractivity contribution is -0.130. The van der Waals surface area contributed by atoms with Gasteiger partial charge in [0.1, 0.15) is 12.3 Å². The van der Waals surface area contributed by atoms with Crippen LogP contribution in [0.5, 0.6) is 5.75 Å². The number of nitrogens with zero attached hydrogens (tertiary/aromatic N) is 2. The minimum atomic E-state index is -0.415. The average Bonchev–Trinajstić information content (AvgIpc) is 3.16. The molecule has 1 aromatic carbocycles. The predicted octanol–water partition coefficient (Wildman–Crippen LogP) is 1.22. The van der Waals surface area contributed by atoms with Gasteiger partial charge >= 0.3 is 0 Å². The molecule has 0 fully saturated rings. The molecule has 1 aromatic heterocycles. The van der Waals surface area contributed by atoms with Gasteiger partial charge in [-0.25, -0.2) is 0 Å². The highest BCUT2D eigenvalue weighted by molar-refractivity contribution is 5.82. The van der Waals surface area contributed by atoms with Gasteiger partial charge in [0, 0.05) is 5.69 Å². The van der Waals surface area contributed by atoms with E-state index < -0.39 is 5.91 Å². The number of hydrazine groups is 1. The van der Waals surface area contributed by atoms with Crippen molar-refractivity contribution in [3.05, 3.63) is 46.8 Å². The summed E-state index contributed by atoms with van der Waals surface area (Å²) in [5.74, 6) is -0.0935. The van der Waals surface area contributed by atoms with Crippen molar-refractivity contribution < 1.29 is 14.3 Å². The summed E-state index contributed by atoms with van der Waals surface area (Å²) in [6.07, 6.45) is 3.33. The van der Waals surface area contributed by atoms with E-state index in [1.54, 1.807) is 4.68 Å². The first-order valence-corrected chi connectivity index (χ1v) is 8.34. The van der Waals surface area contributed by atoms with Crippen LogP contribution in [0.4, 0.5) is 0 Å². The summed E-state index contributed by atoms with van der Waals surface area (Å²) in [5, 5.41) is 4.20. The van der Waals surface area contributed by atoms with E-state index in [9.17, 15) is 9.59 Å². The molecule has 0 saturated carbocycles. The summed E-state index contributed by atoms with van der Waals surface area (Å²) in [5.41, 5.74) is 9.09. The summed E-state index contributed by atoms with van der Waals surface area (Å²) >= 11 is 0. The molecule has 1 aliphatic rings. The van der Waals surface area contributed by atoms with E-state index in [2.05, 4.69) is 16.0 Å². The zero-order chi connectivity index (χ0) is 17.8. The first-order valence-electron chi connectivity index (χ1n) is 8.34. The Labute approximate surface area is 146 Å². The van der Waals surface area contributed by atoms with Gasteiger partial charge in [-0.15, -0.1) is 0 Å². The number of fused-ring (bicyclic) bond motifs is 1. The molecular weight excluding hydrogens is 320 g/mol. The largest absolute Gasteiger partial charge is 0.484 e. The fraction of sp³-hybridized carbons (Fsp3) is 0.389. The molecule has 7 heteroatoms. The number of benzene rings is 1. The maximum atomic E-state index is 11.9. The highest BCUT2D eigenvalue weighted by atomic mass is 16.5. The number of ether oxygens (including phenoxy) is 1. The molecule has 3 rings (SSSR count). The van der Waals surface area contributed by atoms with Crippen LogP contribution in [-0.4, -0.2) is 28.2 Å². The standard InChI is InChI=1S/C18H22N4O3/c1-12-8-13(2)22(21-12)10-17(23)19-20-18(24)11-25-16-7-6-14-4-3-5-15(14)9-16/h6-9H,3-5,10-11H2,1-2H3,(H,19,23)(H,20,24). The maximum Gasteiger partial charge on any atom is 0.276 e. The Hall–Kier alpha value is -2.83. The maximum absolute atomic E-state index is 11.9. The Morgan fingerprint density at radius 1 is 1.12 bits per heavy atom. The molecule has 0 bridgehead atoms. The van der Waals surface area contributed by atoms with Gasteiger partial charge in [0.15, 0.2) is 6.61 Å².